The van der Waals surface area contributed by atoms with Crippen molar-refractivity contribution in [3.63, 3.8) is 0 Å². The number of carboxylic acid groups (broad SMARTS) is 4. The van der Waals surface area contributed by atoms with Crippen LogP contribution in [0.15, 0.2) is 0 Å². The fourth-order valence-electron chi connectivity index (χ4n) is 1.48. The number of hydrogen-bond donors (Lipinski definition) is 4. The van der Waals surface area contributed by atoms with Crippen molar-refractivity contribution in [1.82, 2.24) is 0 Å². The van der Waals surface area contributed by atoms with E-state index >= 15 is 0 Å². The molecule has 0 bridgehead atoms. The van der Waals surface area contributed by atoms with Gasteiger partial charge in [0.25, 0.3) is 0 Å². The summed E-state index contributed by atoms with van der Waals surface area (Å²) in [6.07, 6.45) is 0.593. The van der Waals surface area contributed by atoms with E-state index in [2.05, 4.69) is 0 Å². The molecular weight excluding hydrogens is 248 g/mol. The summed E-state index contributed by atoms with van der Waals surface area (Å²) in [5, 5.41) is 32.8. The molecule has 0 aromatic heterocycles. The van der Waals surface area contributed by atoms with Crippen LogP contribution in [0.25, 0.3) is 0 Å². The van der Waals surface area contributed by atoms with E-state index in [1.54, 1.807) is 0 Å². The molecule has 0 spiro atoms. The van der Waals surface area contributed by atoms with Gasteiger partial charge in [0.05, 0.1) is 23.7 Å². The van der Waals surface area contributed by atoms with E-state index < -0.39 is 47.5 Å². The maximum Gasteiger partial charge on any atom is 0.307 e. The molecule has 0 radical (unpaired) electrons. The lowest BCUT2D eigenvalue weighted by Gasteiger charge is -1.84. The monoisotopic (exact) mass is 260 g/mol. The predicted molar refractivity (Wildman–Crippen MR) is 53.7 cm³/mol. The highest BCUT2D eigenvalue weighted by atomic mass is 16.4. The lowest BCUT2D eigenvalue weighted by atomic mass is 10.3. The Morgan fingerprint density at radius 3 is 0.778 bits per heavy atom. The first kappa shape index (κ1) is 13.9. The Bertz CT molecular complexity index is 327. The molecule has 8 heteroatoms. The summed E-state index contributed by atoms with van der Waals surface area (Å²) in [6, 6.07) is 0. The number of carboxylic acids is 4. The second kappa shape index (κ2) is 5.03. The van der Waals surface area contributed by atoms with Gasteiger partial charge in [-0.15, -0.1) is 0 Å². The van der Waals surface area contributed by atoms with E-state index in [0.29, 0.717) is 12.8 Å². The summed E-state index contributed by atoms with van der Waals surface area (Å²) in [5.41, 5.74) is 0. The summed E-state index contributed by atoms with van der Waals surface area (Å²) in [5.74, 6) is -6.48. The average Bonchev–Trinajstić information content (AvgIpc) is 3.12. The molecule has 0 aromatic rings. The fourth-order valence-corrected chi connectivity index (χ4v) is 1.48. The lowest BCUT2D eigenvalue weighted by molar-refractivity contribution is -0.144. The van der Waals surface area contributed by atoms with Crippen LogP contribution in [0.4, 0.5) is 0 Å². The van der Waals surface area contributed by atoms with Crippen LogP contribution >= 0.6 is 0 Å². The number of carbonyl (C=O) groups is 4. The predicted octanol–water partition coefficient (Wildman–Crippen LogP) is -0.417. The highest BCUT2D eigenvalue weighted by Gasteiger charge is 2.49. The van der Waals surface area contributed by atoms with E-state index in [1.165, 1.54) is 0 Å². The standard InChI is InChI=1S/2C5H6O4/c2*6-4(7)2-1-3(2)5(8)9/h2*2-3H,1H2,(H,6,7)(H,8,9)/t2*2-,3+. The van der Waals surface area contributed by atoms with Crippen LogP contribution in [0, 0.1) is 23.7 Å². The van der Waals surface area contributed by atoms with Crippen molar-refractivity contribution in [2.75, 3.05) is 0 Å². The Morgan fingerprint density at radius 1 is 0.556 bits per heavy atom. The molecule has 0 unspecified atom stereocenters. The van der Waals surface area contributed by atoms with Gasteiger partial charge in [0.1, 0.15) is 0 Å². The van der Waals surface area contributed by atoms with Gasteiger partial charge in [-0.3, -0.25) is 19.2 Å². The van der Waals surface area contributed by atoms with E-state index in [-0.39, 0.29) is 0 Å². The summed E-state index contributed by atoms with van der Waals surface area (Å²) in [7, 11) is 0. The Labute approximate surface area is 101 Å². The summed E-state index contributed by atoms with van der Waals surface area (Å²) < 4.78 is 0. The third-order valence-electron chi connectivity index (χ3n) is 2.85. The van der Waals surface area contributed by atoms with Gasteiger partial charge in [-0.2, -0.15) is 0 Å². The van der Waals surface area contributed by atoms with Crippen LogP contribution in [-0.4, -0.2) is 44.3 Å². The molecule has 2 aliphatic carbocycles. The van der Waals surface area contributed by atoms with Gasteiger partial charge >= 0.3 is 23.9 Å². The first-order valence-corrected chi connectivity index (χ1v) is 5.17. The Morgan fingerprint density at radius 2 is 0.722 bits per heavy atom. The van der Waals surface area contributed by atoms with Crippen molar-refractivity contribution < 1.29 is 39.6 Å². The van der Waals surface area contributed by atoms with E-state index in [9.17, 15) is 19.2 Å². The molecule has 0 aromatic carbocycles. The smallest absolute Gasteiger partial charge is 0.307 e. The molecule has 0 saturated heterocycles. The zero-order chi connectivity index (χ0) is 14.0. The molecule has 2 saturated carbocycles. The van der Waals surface area contributed by atoms with Gasteiger partial charge < -0.3 is 20.4 Å². The van der Waals surface area contributed by atoms with Crippen LogP contribution in [0.3, 0.4) is 0 Å². The first-order valence-electron chi connectivity index (χ1n) is 5.17. The fraction of sp³-hybridized carbons (Fsp3) is 0.600. The van der Waals surface area contributed by atoms with Gasteiger partial charge in [-0.05, 0) is 12.8 Å². The molecular formula is C10H12O8. The second-order valence-corrected chi connectivity index (χ2v) is 4.25. The Balaban J connectivity index is 0.000000180. The van der Waals surface area contributed by atoms with Gasteiger partial charge in [0.15, 0.2) is 0 Å². The minimum atomic E-state index is -0.998. The molecule has 18 heavy (non-hydrogen) atoms. The molecule has 100 valence electrons. The van der Waals surface area contributed by atoms with E-state index in [4.69, 9.17) is 20.4 Å². The zero-order valence-electron chi connectivity index (χ0n) is 9.15. The molecule has 4 atom stereocenters. The van der Waals surface area contributed by atoms with Crippen LogP contribution in [0.1, 0.15) is 12.8 Å². The van der Waals surface area contributed by atoms with Gasteiger partial charge in [-0.1, -0.05) is 0 Å². The topological polar surface area (TPSA) is 149 Å². The van der Waals surface area contributed by atoms with Gasteiger partial charge in [-0.25, -0.2) is 0 Å². The molecule has 8 nitrogen and oxygen atoms in total. The van der Waals surface area contributed by atoms with Crippen molar-refractivity contribution in [1.29, 1.82) is 0 Å². The molecule has 0 aliphatic heterocycles. The molecule has 2 fully saturated rings. The summed E-state index contributed by atoms with van der Waals surface area (Å²) in [4.78, 5) is 40.1. The lowest BCUT2D eigenvalue weighted by Crippen LogP contribution is -2.05. The van der Waals surface area contributed by atoms with Crippen molar-refractivity contribution in [3.8, 4) is 0 Å². The SMILES string of the molecule is O=C(O)[C@H]1C[C@H]1C(=O)O.O=C(O)[C@H]1C[C@H]1C(=O)O. The maximum atomic E-state index is 10.0. The Kier molecular flexibility index (Phi) is 3.89. The van der Waals surface area contributed by atoms with Crippen LogP contribution < -0.4 is 0 Å². The largest absolute Gasteiger partial charge is 0.481 e. The van der Waals surface area contributed by atoms with Crippen LogP contribution in [0.5, 0.6) is 0 Å². The molecule has 0 heterocycles. The number of aliphatic carboxylic acids is 4. The quantitative estimate of drug-likeness (QED) is 0.532. The summed E-state index contributed by atoms with van der Waals surface area (Å²) in [6.45, 7) is 0. The zero-order valence-corrected chi connectivity index (χ0v) is 9.15. The molecule has 2 rings (SSSR count). The number of hydrogen-bond acceptors (Lipinski definition) is 4. The van der Waals surface area contributed by atoms with Crippen LogP contribution in [-0.2, 0) is 19.2 Å². The maximum absolute atomic E-state index is 10.0. The Hall–Kier alpha value is -2.12. The highest BCUT2D eigenvalue weighted by Crippen LogP contribution is 2.38. The van der Waals surface area contributed by atoms with Gasteiger partial charge in [0, 0.05) is 0 Å². The second-order valence-electron chi connectivity index (χ2n) is 4.25. The molecule has 2 aliphatic rings. The summed E-state index contributed by atoms with van der Waals surface area (Å²) >= 11 is 0. The minimum Gasteiger partial charge on any atom is -0.481 e. The first-order chi connectivity index (χ1) is 8.25. The van der Waals surface area contributed by atoms with Crippen molar-refractivity contribution in [3.05, 3.63) is 0 Å². The van der Waals surface area contributed by atoms with Crippen molar-refractivity contribution in [2.24, 2.45) is 23.7 Å². The third-order valence-corrected chi connectivity index (χ3v) is 2.85. The van der Waals surface area contributed by atoms with Gasteiger partial charge in [0.2, 0.25) is 0 Å². The molecule has 0 amide bonds. The normalized spacial score (nSPS) is 31.6. The van der Waals surface area contributed by atoms with Crippen LogP contribution in [0.2, 0.25) is 0 Å². The van der Waals surface area contributed by atoms with Crippen molar-refractivity contribution >= 4 is 23.9 Å². The minimum absolute atomic E-state index is 0.296. The third kappa shape index (κ3) is 3.44. The molecule has 4 N–H and O–H groups in total. The highest BCUT2D eigenvalue weighted by molar-refractivity contribution is 5.85. The number of rotatable bonds is 4. The average molecular weight is 260 g/mol. The van der Waals surface area contributed by atoms with Crippen molar-refractivity contribution in [2.45, 2.75) is 12.8 Å². The van der Waals surface area contributed by atoms with E-state index in [1.807, 2.05) is 0 Å². The van der Waals surface area contributed by atoms with E-state index in [0.717, 1.165) is 0 Å².